The first-order valence-electron chi connectivity index (χ1n) is 6.28. The summed E-state index contributed by atoms with van der Waals surface area (Å²) in [7, 11) is 1.95. The minimum Gasteiger partial charge on any atom is -0.366 e. The zero-order chi connectivity index (χ0) is 12.5. The standard InChI is InChI=1S/C13H17N5/c1-9-11(8-16-18(9)2)7-15-12-5-6-14-13(17-12)10-3-4-10/h5-6,8,10H,3-4,7H2,1-2H3,(H,14,15,17). The number of aryl methyl sites for hydroxylation is 1. The summed E-state index contributed by atoms with van der Waals surface area (Å²) in [5, 5.41) is 7.56. The summed E-state index contributed by atoms with van der Waals surface area (Å²) < 4.78 is 1.88. The van der Waals surface area contributed by atoms with Crippen LogP contribution in [0.3, 0.4) is 0 Å². The van der Waals surface area contributed by atoms with Gasteiger partial charge < -0.3 is 5.32 Å². The van der Waals surface area contributed by atoms with Crippen molar-refractivity contribution in [3.05, 3.63) is 35.5 Å². The lowest BCUT2D eigenvalue weighted by molar-refractivity contribution is 0.738. The van der Waals surface area contributed by atoms with Crippen molar-refractivity contribution in [3.8, 4) is 0 Å². The number of rotatable bonds is 4. The van der Waals surface area contributed by atoms with Gasteiger partial charge in [0, 0.05) is 37.0 Å². The van der Waals surface area contributed by atoms with E-state index in [-0.39, 0.29) is 0 Å². The second-order valence-corrected chi connectivity index (χ2v) is 4.81. The molecule has 1 N–H and O–H groups in total. The van der Waals surface area contributed by atoms with Gasteiger partial charge in [-0.2, -0.15) is 5.10 Å². The van der Waals surface area contributed by atoms with E-state index in [9.17, 15) is 0 Å². The van der Waals surface area contributed by atoms with Crippen molar-refractivity contribution >= 4 is 5.82 Å². The van der Waals surface area contributed by atoms with Crippen molar-refractivity contribution in [2.75, 3.05) is 5.32 Å². The number of nitrogens with zero attached hydrogens (tertiary/aromatic N) is 4. The minimum absolute atomic E-state index is 0.590. The fourth-order valence-electron chi connectivity index (χ4n) is 1.91. The topological polar surface area (TPSA) is 55.6 Å². The van der Waals surface area contributed by atoms with E-state index in [0.717, 1.165) is 18.2 Å². The molecule has 2 heterocycles. The predicted molar refractivity (Wildman–Crippen MR) is 69.3 cm³/mol. The van der Waals surface area contributed by atoms with Gasteiger partial charge in [-0.05, 0) is 25.8 Å². The van der Waals surface area contributed by atoms with Crippen LogP contribution in [-0.4, -0.2) is 19.7 Å². The molecule has 0 radical (unpaired) electrons. The number of nitrogens with one attached hydrogen (secondary N) is 1. The maximum absolute atomic E-state index is 4.54. The summed E-state index contributed by atoms with van der Waals surface area (Å²) in [6.45, 7) is 2.82. The zero-order valence-electron chi connectivity index (χ0n) is 10.7. The molecule has 18 heavy (non-hydrogen) atoms. The molecule has 5 heteroatoms. The monoisotopic (exact) mass is 243 g/mol. The van der Waals surface area contributed by atoms with Crippen molar-refractivity contribution < 1.29 is 0 Å². The molecule has 1 saturated carbocycles. The second kappa shape index (κ2) is 4.40. The highest BCUT2D eigenvalue weighted by atomic mass is 15.3. The lowest BCUT2D eigenvalue weighted by atomic mass is 10.2. The third kappa shape index (κ3) is 2.20. The predicted octanol–water partition coefficient (Wildman–Crippen LogP) is 2.01. The van der Waals surface area contributed by atoms with E-state index in [1.165, 1.54) is 24.1 Å². The van der Waals surface area contributed by atoms with Crippen LogP contribution in [0.25, 0.3) is 0 Å². The van der Waals surface area contributed by atoms with Crippen LogP contribution >= 0.6 is 0 Å². The smallest absolute Gasteiger partial charge is 0.133 e. The fourth-order valence-corrected chi connectivity index (χ4v) is 1.91. The molecule has 1 aliphatic carbocycles. The van der Waals surface area contributed by atoms with Crippen LogP contribution in [0.4, 0.5) is 5.82 Å². The normalized spacial score (nSPS) is 14.8. The first-order valence-corrected chi connectivity index (χ1v) is 6.28. The lowest BCUT2D eigenvalue weighted by Crippen LogP contribution is -2.04. The van der Waals surface area contributed by atoms with Crippen molar-refractivity contribution in [1.82, 2.24) is 19.7 Å². The van der Waals surface area contributed by atoms with Crippen LogP contribution in [0.5, 0.6) is 0 Å². The Morgan fingerprint density at radius 1 is 1.44 bits per heavy atom. The van der Waals surface area contributed by atoms with E-state index in [1.807, 2.05) is 30.2 Å². The van der Waals surface area contributed by atoms with Crippen molar-refractivity contribution in [2.24, 2.45) is 7.05 Å². The second-order valence-electron chi connectivity index (χ2n) is 4.81. The van der Waals surface area contributed by atoms with Crippen LogP contribution in [0.1, 0.15) is 35.8 Å². The SMILES string of the molecule is Cc1c(CNc2ccnc(C3CC3)n2)cnn1C. The van der Waals surface area contributed by atoms with Gasteiger partial charge in [-0.3, -0.25) is 4.68 Å². The van der Waals surface area contributed by atoms with E-state index in [0.29, 0.717) is 5.92 Å². The summed E-state index contributed by atoms with van der Waals surface area (Å²) >= 11 is 0. The zero-order valence-corrected chi connectivity index (χ0v) is 10.7. The molecule has 0 unspecified atom stereocenters. The molecule has 0 aliphatic heterocycles. The van der Waals surface area contributed by atoms with E-state index in [2.05, 4.69) is 27.3 Å². The molecule has 0 aromatic carbocycles. The molecular formula is C13H17N5. The quantitative estimate of drug-likeness (QED) is 0.892. The third-order valence-electron chi connectivity index (χ3n) is 3.41. The summed E-state index contributed by atoms with van der Waals surface area (Å²) in [4.78, 5) is 8.85. The maximum Gasteiger partial charge on any atom is 0.133 e. The molecule has 1 aliphatic rings. The van der Waals surface area contributed by atoms with Crippen LogP contribution in [0.15, 0.2) is 18.5 Å². The molecular weight excluding hydrogens is 226 g/mol. The van der Waals surface area contributed by atoms with Gasteiger partial charge >= 0.3 is 0 Å². The maximum atomic E-state index is 4.54. The van der Waals surface area contributed by atoms with E-state index in [1.54, 1.807) is 0 Å². The molecule has 0 saturated heterocycles. The highest BCUT2D eigenvalue weighted by molar-refractivity contribution is 5.35. The number of anilines is 1. The number of hydrogen-bond donors (Lipinski definition) is 1. The van der Waals surface area contributed by atoms with E-state index < -0.39 is 0 Å². The van der Waals surface area contributed by atoms with Crippen molar-refractivity contribution in [2.45, 2.75) is 32.2 Å². The molecule has 1 fully saturated rings. The van der Waals surface area contributed by atoms with Gasteiger partial charge in [0.15, 0.2) is 0 Å². The highest BCUT2D eigenvalue weighted by Gasteiger charge is 2.26. The Hall–Kier alpha value is -1.91. The van der Waals surface area contributed by atoms with E-state index in [4.69, 9.17) is 0 Å². The average Bonchev–Trinajstić information content (AvgIpc) is 3.18. The van der Waals surface area contributed by atoms with Gasteiger partial charge in [-0.1, -0.05) is 0 Å². The molecule has 0 amide bonds. The highest BCUT2D eigenvalue weighted by Crippen LogP contribution is 2.38. The summed E-state index contributed by atoms with van der Waals surface area (Å²) in [5.41, 5.74) is 2.38. The molecule has 0 spiro atoms. The molecule has 2 aromatic rings. The molecule has 3 rings (SSSR count). The Kier molecular flexibility index (Phi) is 2.74. The Morgan fingerprint density at radius 3 is 2.94 bits per heavy atom. The Balaban J connectivity index is 1.69. The average molecular weight is 243 g/mol. The molecule has 0 bridgehead atoms. The van der Waals surface area contributed by atoms with Crippen LogP contribution in [0.2, 0.25) is 0 Å². The van der Waals surface area contributed by atoms with Gasteiger partial charge in [0.2, 0.25) is 0 Å². The molecule has 5 nitrogen and oxygen atoms in total. The minimum atomic E-state index is 0.590. The molecule has 94 valence electrons. The van der Waals surface area contributed by atoms with E-state index >= 15 is 0 Å². The number of aromatic nitrogens is 4. The first kappa shape index (κ1) is 11.2. The Morgan fingerprint density at radius 2 is 2.28 bits per heavy atom. The summed E-state index contributed by atoms with van der Waals surface area (Å²) in [6.07, 6.45) is 6.18. The van der Waals surface area contributed by atoms with Gasteiger partial charge in [0.25, 0.3) is 0 Å². The van der Waals surface area contributed by atoms with Gasteiger partial charge in [0.05, 0.1) is 6.20 Å². The Labute approximate surface area is 106 Å². The van der Waals surface area contributed by atoms with Crippen molar-refractivity contribution in [1.29, 1.82) is 0 Å². The summed E-state index contributed by atoms with van der Waals surface area (Å²) in [6, 6.07) is 1.91. The molecule has 2 aromatic heterocycles. The van der Waals surface area contributed by atoms with Gasteiger partial charge in [0.1, 0.15) is 11.6 Å². The fraction of sp³-hybridized carbons (Fsp3) is 0.462. The van der Waals surface area contributed by atoms with Gasteiger partial charge in [-0.25, -0.2) is 9.97 Å². The van der Waals surface area contributed by atoms with Crippen LogP contribution in [-0.2, 0) is 13.6 Å². The van der Waals surface area contributed by atoms with Crippen LogP contribution < -0.4 is 5.32 Å². The first-order chi connectivity index (χ1) is 8.74. The van der Waals surface area contributed by atoms with Gasteiger partial charge in [-0.15, -0.1) is 0 Å². The molecule has 0 atom stereocenters. The third-order valence-corrected chi connectivity index (χ3v) is 3.41. The Bertz CT molecular complexity index is 556. The van der Waals surface area contributed by atoms with Crippen molar-refractivity contribution in [3.63, 3.8) is 0 Å². The summed E-state index contributed by atoms with van der Waals surface area (Å²) in [5.74, 6) is 2.46. The lowest BCUT2D eigenvalue weighted by Gasteiger charge is -2.06. The van der Waals surface area contributed by atoms with Crippen LogP contribution in [0, 0.1) is 6.92 Å². The largest absolute Gasteiger partial charge is 0.366 e. The number of hydrogen-bond acceptors (Lipinski definition) is 4.